The summed E-state index contributed by atoms with van der Waals surface area (Å²) in [4.78, 5) is 3.63. The van der Waals surface area contributed by atoms with Crippen molar-refractivity contribution in [1.82, 2.24) is 4.90 Å². The van der Waals surface area contributed by atoms with Gasteiger partial charge in [-0.05, 0) is 31.9 Å². The number of aryl methyl sites for hydroxylation is 2. The van der Waals surface area contributed by atoms with Crippen molar-refractivity contribution in [2.45, 2.75) is 39.4 Å². The molecule has 3 rings (SSSR count). The highest BCUT2D eigenvalue weighted by Gasteiger charge is 2.43. The summed E-state index contributed by atoms with van der Waals surface area (Å²) < 4.78 is 7.69. The van der Waals surface area contributed by atoms with E-state index in [0.717, 1.165) is 6.01 Å². The van der Waals surface area contributed by atoms with Gasteiger partial charge in [0.1, 0.15) is 13.2 Å². The Bertz CT molecular complexity index is 708. The van der Waals surface area contributed by atoms with Crippen LogP contribution in [0.1, 0.15) is 31.9 Å². The Labute approximate surface area is 155 Å². The summed E-state index contributed by atoms with van der Waals surface area (Å²) in [5, 5.41) is 0. The molecule has 0 bridgehead atoms. The number of halogens is 1. The highest BCUT2D eigenvalue weighted by molar-refractivity contribution is 5.32. The van der Waals surface area contributed by atoms with Gasteiger partial charge in [0, 0.05) is 6.92 Å². The lowest BCUT2D eigenvalue weighted by Crippen LogP contribution is -3.08. The summed E-state index contributed by atoms with van der Waals surface area (Å²) in [5.41, 5.74) is 2.61. The van der Waals surface area contributed by atoms with Gasteiger partial charge in [0.05, 0.1) is 11.7 Å². The van der Waals surface area contributed by atoms with E-state index in [9.17, 15) is 0 Å². The van der Waals surface area contributed by atoms with Gasteiger partial charge in [-0.3, -0.25) is 0 Å². The van der Waals surface area contributed by atoms with Gasteiger partial charge in [-0.2, -0.15) is 4.90 Å². The van der Waals surface area contributed by atoms with E-state index < -0.39 is 0 Å². The van der Waals surface area contributed by atoms with Crippen molar-refractivity contribution < 1.29 is 37.9 Å². The lowest BCUT2D eigenvalue weighted by Gasteiger charge is -2.39. The van der Waals surface area contributed by atoms with Crippen LogP contribution in [0.5, 0.6) is 0 Å². The minimum atomic E-state index is -0.0752. The van der Waals surface area contributed by atoms with Gasteiger partial charge in [-0.15, -0.1) is 4.57 Å². The molecule has 0 radical (unpaired) electrons. The number of benzene rings is 1. The van der Waals surface area contributed by atoms with Crippen LogP contribution in [0, 0.1) is 6.92 Å². The van der Waals surface area contributed by atoms with Crippen molar-refractivity contribution in [2.75, 3.05) is 0 Å². The highest BCUT2D eigenvalue weighted by Crippen LogP contribution is 2.32. The summed E-state index contributed by atoms with van der Waals surface area (Å²) in [7, 11) is 2.02. The van der Waals surface area contributed by atoms with Crippen LogP contribution in [0.2, 0.25) is 0 Å². The Morgan fingerprint density at radius 1 is 1.26 bits per heavy atom. The number of hydrogen-bond donors (Lipinski definition) is 1. The standard InChI is InChI=1S/C18H24N3O.HI/c1-14-8-6-7-9-16(14)18(3,4)21-11-10-20(15(21)2)17-19(5)12-13-22-17;/h6-13,15H,1-5H3;1H/q+1;. The van der Waals surface area contributed by atoms with Crippen LogP contribution in [-0.2, 0) is 12.6 Å². The third kappa shape index (κ3) is 3.04. The largest absolute Gasteiger partial charge is 1.00 e. The average molecular weight is 426 g/mol. The molecule has 2 aromatic rings. The van der Waals surface area contributed by atoms with Crippen molar-refractivity contribution in [3.63, 3.8) is 0 Å². The van der Waals surface area contributed by atoms with Crippen molar-refractivity contribution >= 4 is 6.01 Å². The van der Waals surface area contributed by atoms with Gasteiger partial charge in [-0.1, -0.05) is 24.3 Å². The second-order valence-corrected chi connectivity index (χ2v) is 6.55. The number of quaternary nitrogens is 1. The average Bonchev–Trinajstić information content (AvgIpc) is 3.05. The lowest BCUT2D eigenvalue weighted by atomic mass is 9.88. The fourth-order valence-electron chi connectivity index (χ4n) is 3.51. The van der Waals surface area contributed by atoms with Gasteiger partial charge >= 0.3 is 6.01 Å². The van der Waals surface area contributed by atoms with Crippen LogP contribution >= 0.6 is 0 Å². The molecule has 1 aromatic carbocycles. The van der Waals surface area contributed by atoms with Crippen molar-refractivity contribution in [2.24, 2.45) is 7.05 Å². The minimum absolute atomic E-state index is 0. The molecule has 2 heterocycles. The summed E-state index contributed by atoms with van der Waals surface area (Å²) in [6.07, 6.45) is 8.31. The number of rotatable bonds is 3. The van der Waals surface area contributed by atoms with Crippen molar-refractivity contribution in [3.8, 4) is 0 Å². The molecule has 23 heavy (non-hydrogen) atoms. The van der Waals surface area contributed by atoms with E-state index >= 15 is 0 Å². The second-order valence-electron chi connectivity index (χ2n) is 6.55. The Morgan fingerprint density at radius 2 is 1.96 bits per heavy atom. The maximum absolute atomic E-state index is 5.66. The Balaban J connectivity index is 0.00000192. The van der Waals surface area contributed by atoms with Gasteiger partial charge in [0.15, 0.2) is 12.4 Å². The third-order valence-electron chi connectivity index (χ3n) is 4.76. The normalized spacial score (nSPS) is 20.7. The third-order valence-corrected chi connectivity index (χ3v) is 4.76. The molecule has 1 aliphatic rings. The Kier molecular flexibility index (Phi) is 5.20. The fraction of sp³-hybridized carbons (Fsp3) is 0.389. The Morgan fingerprint density at radius 3 is 2.57 bits per heavy atom. The van der Waals surface area contributed by atoms with Crippen molar-refractivity contribution in [1.29, 1.82) is 0 Å². The molecule has 2 unspecified atom stereocenters. The van der Waals surface area contributed by atoms with Gasteiger partial charge in [0.2, 0.25) is 6.20 Å². The molecule has 2 atom stereocenters. The van der Waals surface area contributed by atoms with Crippen LogP contribution in [-0.4, -0.2) is 11.1 Å². The smallest absolute Gasteiger partial charge is 0.561 e. The summed E-state index contributed by atoms with van der Waals surface area (Å²) >= 11 is 0. The van der Waals surface area contributed by atoms with E-state index in [2.05, 4.69) is 69.3 Å². The maximum atomic E-state index is 5.66. The molecule has 124 valence electrons. The summed E-state index contributed by atoms with van der Waals surface area (Å²) in [5.74, 6) is 0. The van der Waals surface area contributed by atoms with Gasteiger partial charge in [-0.25, -0.2) is 0 Å². The quantitative estimate of drug-likeness (QED) is 0.504. The SMILES string of the molecule is Cc1ccccc1C(C)(C)N1C=C[NH+](c2occ[n+]2C)C1C.[I-]. The molecule has 0 saturated heterocycles. The molecule has 0 spiro atoms. The molecule has 0 aliphatic carbocycles. The Hall–Kier alpha value is -1.34. The van der Waals surface area contributed by atoms with E-state index in [1.54, 1.807) is 6.26 Å². The molecule has 0 amide bonds. The van der Waals surface area contributed by atoms with E-state index in [1.165, 1.54) is 16.0 Å². The van der Waals surface area contributed by atoms with Crippen LogP contribution in [0.3, 0.4) is 0 Å². The topological polar surface area (TPSA) is 24.7 Å². The zero-order valence-corrected chi connectivity index (χ0v) is 16.5. The zero-order chi connectivity index (χ0) is 15.9. The predicted molar refractivity (Wildman–Crippen MR) is 85.2 cm³/mol. The van der Waals surface area contributed by atoms with Gasteiger partial charge < -0.3 is 33.3 Å². The molecule has 0 fully saturated rings. The minimum Gasteiger partial charge on any atom is -1.00 e. The summed E-state index contributed by atoms with van der Waals surface area (Å²) in [6.45, 7) is 8.97. The van der Waals surface area contributed by atoms with Gasteiger partial charge in [0.25, 0.3) is 0 Å². The number of aromatic nitrogens is 1. The number of hydrogen-bond acceptors (Lipinski definition) is 2. The highest BCUT2D eigenvalue weighted by atomic mass is 127. The van der Waals surface area contributed by atoms with E-state index in [1.807, 2.05) is 17.8 Å². The molecule has 1 N–H and O–H groups in total. The maximum Gasteiger partial charge on any atom is 0.561 e. The monoisotopic (exact) mass is 426 g/mol. The molecule has 1 aromatic heterocycles. The van der Waals surface area contributed by atoms with Crippen molar-refractivity contribution in [3.05, 3.63) is 60.3 Å². The molecular formula is C18H25IN3O+. The molecule has 0 saturated carbocycles. The molecule has 4 nitrogen and oxygen atoms in total. The first-order valence-corrected chi connectivity index (χ1v) is 7.76. The first-order chi connectivity index (χ1) is 10.4. The van der Waals surface area contributed by atoms with E-state index in [-0.39, 0.29) is 35.7 Å². The molecule has 5 heteroatoms. The van der Waals surface area contributed by atoms with E-state index in [4.69, 9.17) is 4.42 Å². The van der Waals surface area contributed by atoms with Crippen LogP contribution in [0.15, 0.2) is 53.5 Å². The number of nitrogens with one attached hydrogen (secondary N) is 1. The number of nitrogens with zero attached hydrogens (tertiary/aromatic N) is 2. The fourth-order valence-corrected chi connectivity index (χ4v) is 3.51. The predicted octanol–water partition coefficient (Wildman–Crippen LogP) is -0.999. The second kappa shape index (κ2) is 6.65. The van der Waals surface area contributed by atoms with Crippen LogP contribution < -0.4 is 33.4 Å². The summed E-state index contributed by atoms with van der Waals surface area (Å²) in [6, 6.07) is 9.54. The van der Waals surface area contributed by atoms with Crippen LogP contribution in [0.4, 0.5) is 6.01 Å². The lowest BCUT2D eigenvalue weighted by molar-refractivity contribution is -0.894. The zero-order valence-electron chi connectivity index (χ0n) is 14.4. The molecular weight excluding hydrogens is 401 g/mol. The van der Waals surface area contributed by atoms with Crippen LogP contribution in [0.25, 0.3) is 0 Å². The first kappa shape index (κ1) is 18.0. The number of oxazole rings is 1. The molecule has 1 aliphatic heterocycles. The first-order valence-electron chi connectivity index (χ1n) is 7.76. The van der Waals surface area contributed by atoms with E-state index in [0.29, 0.717) is 0 Å².